The van der Waals surface area contributed by atoms with Crippen molar-refractivity contribution in [3.63, 3.8) is 0 Å². The van der Waals surface area contributed by atoms with Gasteiger partial charge in [0, 0.05) is 63.4 Å². The Morgan fingerprint density at radius 2 is 1.76 bits per heavy atom. The number of hydrogen-bond acceptors (Lipinski definition) is 8. The third kappa shape index (κ3) is 4.39. The number of aryl methyl sites for hydroxylation is 1. The molecule has 0 radical (unpaired) electrons. The highest BCUT2D eigenvalue weighted by Crippen LogP contribution is 2.29. The average Bonchev–Trinajstić information content (AvgIpc) is 3.11. The molecule has 4 rings (SSSR count). The van der Waals surface area contributed by atoms with E-state index in [0.29, 0.717) is 30.3 Å². The number of anilines is 2. The molecule has 0 atom stereocenters. The molecule has 0 N–H and O–H groups in total. The number of pyridine rings is 1. The van der Waals surface area contributed by atoms with Crippen LogP contribution < -0.4 is 9.80 Å². The molecule has 2 aliphatic heterocycles. The van der Waals surface area contributed by atoms with Crippen molar-refractivity contribution in [3.8, 4) is 0 Å². The molecule has 4 heterocycles. The highest BCUT2D eigenvalue weighted by molar-refractivity contribution is 7.89. The molecule has 0 spiro atoms. The van der Waals surface area contributed by atoms with Gasteiger partial charge in [0.15, 0.2) is 0 Å². The largest absolute Gasteiger partial charge is 0.354 e. The van der Waals surface area contributed by atoms with Crippen LogP contribution in [0.3, 0.4) is 0 Å². The van der Waals surface area contributed by atoms with Crippen molar-refractivity contribution in [1.82, 2.24) is 18.6 Å². The summed E-state index contributed by atoms with van der Waals surface area (Å²) < 4.78 is 32.6. The third-order valence-electron chi connectivity index (χ3n) is 5.52. The molecule has 2 aromatic heterocycles. The fraction of sp³-hybridized carbons (Fsp3) is 0.632. The molecule has 0 amide bonds. The minimum Gasteiger partial charge on any atom is -0.354 e. The van der Waals surface area contributed by atoms with E-state index in [-0.39, 0.29) is 0 Å². The number of piperidine rings is 1. The molecule has 8 nitrogen and oxygen atoms in total. The SMILES string of the molecule is CCc1nsc(N2CCCN(c3ncccc3S(=O)(=O)N3CCCCC3)CC2)n1. The van der Waals surface area contributed by atoms with Gasteiger partial charge in [-0.25, -0.2) is 18.4 Å². The molecular weight excluding hydrogens is 408 g/mol. The highest BCUT2D eigenvalue weighted by Gasteiger charge is 2.31. The van der Waals surface area contributed by atoms with Crippen molar-refractivity contribution in [2.24, 2.45) is 0 Å². The minimum absolute atomic E-state index is 0.333. The molecular formula is C19H28N6O2S2. The van der Waals surface area contributed by atoms with Crippen molar-refractivity contribution in [2.75, 3.05) is 49.1 Å². The van der Waals surface area contributed by atoms with Gasteiger partial charge in [-0.1, -0.05) is 13.3 Å². The zero-order valence-corrected chi connectivity index (χ0v) is 18.5. The summed E-state index contributed by atoms with van der Waals surface area (Å²) in [5, 5.41) is 0.950. The number of nitrogens with zero attached hydrogens (tertiary/aromatic N) is 6. The monoisotopic (exact) mass is 436 g/mol. The first kappa shape index (κ1) is 20.5. The number of rotatable bonds is 5. The lowest BCUT2D eigenvalue weighted by atomic mass is 10.2. The average molecular weight is 437 g/mol. The van der Waals surface area contributed by atoms with Crippen LogP contribution in [0.4, 0.5) is 10.9 Å². The summed E-state index contributed by atoms with van der Waals surface area (Å²) in [6.45, 7) is 6.40. The molecule has 10 heteroatoms. The lowest BCUT2D eigenvalue weighted by Gasteiger charge is -2.29. The van der Waals surface area contributed by atoms with E-state index in [2.05, 4.69) is 31.1 Å². The predicted molar refractivity (Wildman–Crippen MR) is 115 cm³/mol. The Labute approximate surface area is 176 Å². The number of hydrogen-bond donors (Lipinski definition) is 0. The number of sulfonamides is 1. The Kier molecular flexibility index (Phi) is 6.31. The van der Waals surface area contributed by atoms with E-state index in [1.165, 1.54) is 11.5 Å². The molecule has 0 unspecified atom stereocenters. The molecule has 158 valence electrons. The topological polar surface area (TPSA) is 82.5 Å². The maximum atomic E-state index is 13.3. The van der Waals surface area contributed by atoms with Crippen molar-refractivity contribution in [3.05, 3.63) is 24.2 Å². The smallest absolute Gasteiger partial charge is 0.246 e. The van der Waals surface area contributed by atoms with Crippen LogP contribution in [0.25, 0.3) is 0 Å². The summed E-state index contributed by atoms with van der Waals surface area (Å²) in [5.74, 6) is 1.46. The van der Waals surface area contributed by atoms with Gasteiger partial charge in [0.05, 0.1) is 0 Å². The summed E-state index contributed by atoms with van der Waals surface area (Å²) in [5.41, 5.74) is 0. The van der Waals surface area contributed by atoms with Gasteiger partial charge in [-0.2, -0.15) is 8.68 Å². The van der Waals surface area contributed by atoms with Crippen LogP contribution in [0.1, 0.15) is 38.4 Å². The molecule has 2 aromatic rings. The summed E-state index contributed by atoms with van der Waals surface area (Å²) in [4.78, 5) is 13.8. The molecule has 2 saturated heterocycles. The fourth-order valence-electron chi connectivity index (χ4n) is 3.90. The predicted octanol–water partition coefficient (Wildman–Crippen LogP) is 2.39. The van der Waals surface area contributed by atoms with Gasteiger partial charge >= 0.3 is 0 Å². The first-order chi connectivity index (χ1) is 14.1. The highest BCUT2D eigenvalue weighted by atomic mass is 32.2. The summed E-state index contributed by atoms with van der Waals surface area (Å²) >= 11 is 1.44. The standard InChI is InChI=1S/C19H28N6O2S2/c1-2-17-21-19(28-22-17)24-11-7-10-23(14-15-24)18-16(8-6-9-20-18)29(26,27)25-12-4-3-5-13-25/h6,8-9H,2-5,7,10-15H2,1H3. The summed E-state index contributed by atoms with van der Waals surface area (Å²) in [6, 6.07) is 3.42. The fourth-order valence-corrected chi connectivity index (χ4v) is 6.38. The van der Waals surface area contributed by atoms with Crippen molar-refractivity contribution < 1.29 is 8.42 Å². The van der Waals surface area contributed by atoms with E-state index >= 15 is 0 Å². The maximum Gasteiger partial charge on any atom is 0.246 e. The Bertz CT molecular complexity index is 926. The van der Waals surface area contributed by atoms with E-state index in [1.54, 1.807) is 22.6 Å². The first-order valence-corrected chi connectivity index (χ1v) is 12.6. The van der Waals surface area contributed by atoms with Crippen LogP contribution in [0.2, 0.25) is 0 Å². The normalized spacial score (nSPS) is 19.3. The van der Waals surface area contributed by atoms with Crippen LogP contribution in [0.5, 0.6) is 0 Å². The Balaban J connectivity index is 1.54. The molecule has 0 aromatic carbocycles. The lowest BCUT2D eigenvalue weighted by molar-refractivity contribution is 0.346. The third-order valence-corrected chi connectivity index (χ3v) is 8.26. The van der Waals surface area contributed by atoms with Crippen LogP contribution in [-0.4, -0.2) is 66.3 Å². The van der Waals surface area contributed by atoms with Gasteiger partial charge in [0.25, 0.3) is 0 Å². The minimum atomic E-state index is -3.52. The molecule has 0 bridgehead atoms. The van der Waals surface area contributed by atoms with Gasteiger partial charge in [0.2, 0.25) is 15.2 Å². The second kappa shape index (κ2) is 8.93. The van der Waals surface area contributed by atoms with E-state index in [1.807, 2.05) is 0 Å². The van der Waals surface area contributed by atoms with Crippen LogP contribution >= 0.6 is 11.5 Å². The van der Waals surface area contributed by atoms with E-state index < -0.39 is 10.0 Å². The van der Waals surface area contributed by atoms with E-state index in [9.17, 15) is 8.42 Å². The van der Waals surface area contributed by atoms with E-state index in [0.717, 1.165) is 62.7 Å². The van der Waals surface area contributed by atoms with Gasteiger partial charge < -0.3 is 9.80 Å². The zero-order chi connectivity index (χ0) is 20.3. The quantitative estimate of drug-likeness (QED) is 0.712. The molecule has 2 fully saturated rings. The van der Waals surface area contributed by atoms with Crippen molar-refractivity contribution in [2.45, 2.75) is 43.9 Å². The maximum absolute atomic E-state index is 13.3. The van der Waals surface area contributed by atoms with Gasteiger partial charge in [-0.3, -0.25) is 0 Å². The first-order valence-electron chi connectivity index (χ1n) is 10.4. The second-order valence-electron chi connectivity index (χ2n) is 7.46. The Hall–Kier alpha value is -1.78. The molecule has 0 aliphatic carbocycles. The number of aromatic nitrogens is 3. The lowest BCUT2D eigenvalue weighted by Crippen LogP contribution is -2.37. The molecule has 0 saturated carbocycles. The second-order valence-corrected chi connectivity index (χ2v) is 10.1. The zero-order valence-electron chi connectivity index (χ0n) is 16.8. The van der Waals surface area contributed by atoms with Gasteiger partial charge in [-0.15, -0.1) is 0 Å². The Morgan fingerprint density at radius 1 is 1.00 bits per heavy atom. The van der Waals surface area contributed by atoms with Crippen molar-refractivity contribution >= 4 is 32.5 Å². The van der Waals surface area contributed by atoms with Gasteiger partial charge in [0.1, 0.15) is 16.5 Å². The molecule has 29 heavy (non-hydrogen) atoms. The van der Waals surface area contributed by atoms with Crippen LogP contribution in [0, 0.1) is 0 Å². The summed E-state index contributed by atoms with van der Waals surface area (Å²) in [6.07, 6.45) is 6.39. The van der Waals surface area contributed by atoms with Gasteiger partial charge in [-0.05, 0) is 31.4 Å². The molecule has 2 aliphatic rings. The summed E-state index contributed by atoms with van der Waals surface area (Å²) in [7, 11) is -3.52. The van der Waals surface area contributed by atoms with Crippen molar-refractivity contribution in [1.29, 1.82) is 0 Å². The van der Waals surface area contributed by atoms with Crippen LogP contribution in [0.15, 0.2) is 23.2 Å². The Morgan fingerprint density at radius 3 is 2.52 bits per heavy atom. The van der Waals surface area contributed by atoms with Crippen LogP contribution in [-0.2, 0) is 16.4 Å². The van der Waals surface area contributed by atoms with E-state index in [4.69, 9.17) is 0 Å².